The molecule has 0 aliphatic carbocycles. The Morgan fingerprint density at radius 3 is 2.75 bits per heavy atom. The summed E-state index contributed by atoms with van der Waals surface area (Å²) >= 11 is 0. The van der Waals surface area contributed by atoms with Crippen LogP contribution in [-0.4, -0.2) is 41.0 Å². The predicted octanol–water partition coefficient (Wildman–Crippen LogP) is 2.44. The topological polar surface area (TPSA) is 71.3 Å². The molecule has 0 atom stereocenters. The minimum Gasteiger partial charge on any atom is -0.364 e. The molecule has 0 amide bonds. The van der Waals surface area contributed by atoms with Crippen molar-refractivity contribution in [1.82, 2.24) is 9.88 Å². The summed E-state index contributed by atoms with van der Waals surface area (Å²) in [6, 6.07) is 3.19. The lowest BCUT2D eigenvalue weighted by atomic mass is 9.97. The van der Waals surface area contributed by atoms with Gasteiger partial charge in [-0.1, -0.05) is 6.92 Å². The van der Waals surface area contributed by atoms with Crippen LogP contribution >= 0.6 is 0 Å². The Balaban J connectivity index is 1.94. The Morgan fingerprint density at radius 2 is 2.15 bits per heavy atom. The van der Waals surface area contributed by atoms with Crippen molar-refractivity contribution in [3.8, 4) is 0 Å². The molecule has 0 bridgehead atoms. The molecule has 1 N–H and O–H groups in total. The third-order valence-corrected chi connectivity index (χ3v) is 3.92. The van der Waals surface area contributed by atoms with Crippen LogP contribution in [0.4, 0.5) is 11.5 Å². The molecule has 2 heterocycles. The zero-order chi connectivity index (χ0) is 14.5. The lowest BCUT2D eigenvalue weighted by molar-refractivity contribution is -0.384. The van der Waals surface area contributed by atoms with Gasteiger partial charge in [0.25, 0.3) is 0 Å². The summed E-state index contributed by atoms with van der Waals surface area (Å²) in [7, 11) is 0. The molecule has 1 aromatic rings. The van der Waals surface area contributed by atoms with Crippen LogP contribution in [0.5, 0.6) is 0 Å². The summed E-state index contributed by atoms with van der Waals surface area (Å²) in [5.74, 6) is 0.965. The van der Waals surface area contributed by atoms with Crippen LogP contribution in [-0.2, 0) is 0 Å². The minimum absolute atomic E-state index is 0.0570. The lowest BCUT2D eigenvalue weighted by Gasteiger charge is -2.31. The Morgan fingerprint density at radius 1 is 1.45 bits per heavy atom. The third kappa shape index (κ3) is 3.66. The molecule has 2 rings (SSSR count). The van der Waals surface area contributed by atoms with Crippen LogP contribution in [0.3, 0.4) is 0 Å². The highest BCUT2D eigenvalue weighted by atomic mass is 16.6. The zero-order valence-electron chi connectivity index (χ0n) is 12.1. The summed E-state index contributed by atoms with van der Waals surface area (Å²) in [5.41, 5.74) is 0.848. The maximum absolute atomic E-state index is 11.0. The molecular formula is C14H22N4O2. The highest BCUT2D eigenvalue weighted by molar-refractivity contribution is 5.56. The molecule has 1 fully saturated rings. The van der Waals surface area contributed by atoms with E-state index in [2.05, 4.69) is 22.1 Å². The zero-order valence-corrected chi connectivity index (χ0v) is 12.1. The average molecular weight is 278 g/mol. The van der Waals surface area contributed by atoms with Gasteiger partial charge in [-0.25, -0.2) is 4.98 Å². The highest BCUT2D eigenvalue weighted by Gasteiger charge is 2.20. The number of rotatable bonds is 5. The molecule has 6 heteroatoms. The smallest absolute Gasteiger partial charge is 0.311 e. The Labute approximate surface area is 119 Å². The van der Waals surface area contributed by atoms with E-state index in [-0.39, 0.29) is 10.6 Å². The molecule has 0 aromatic carbocycles. The van der Waals surface area contributed by atoms with Crippen molar-refractivity contribution in [2.45, 2.75) is 26.7 Å². The Kier molecular flexibility index (Phi) is 4.89. The predicted molar refractivity (Wildman–Crippen MR) is 79.0 cm³/mol. The largest absolute Gasteiger partial charge is 0.364 e. The number of pyridine rings is 1. The number of aromatic nitrogens is 1. The van der Waals surface area contributed by atoms with E-state index in [1.807, 2.05) is 6.92 Å². The molecule has 20 heavy (non-hydrogen) atoms. The molecule has 1 saturated heterocycles. The standard InChI is InChI=1S/C14H22N4O2/c1-3-17-8-6-12(7-9-17)10-15-14-13(18(19)20)5-4-11(2)16-14/h4-5,12H,3,6-10H2,1-2H3,(H,15,16). The van der Waals surface area contributed by atoms with Crippen molar-refractivity contribution < 1.29 is 4.92 Å². The summed E-state index contributed by atoms with van der Waals surface area (Å²) in [6.45, 7) is 8.12. The maximum Gasteiger partial charge on any atom is 0.311 e. The monoisotopic (exact) mass is 278 g/mol. The van der Waals surface area contributed by atoms with Crippen molar-refractivity contribution in [1.29, 1.82) is 0 Å². The summed E-state index contributed by atoms with van der Waals surface area (Å²) in [5, 5.41) is 14.2. The molecule has 1 aromatic heterocycles. The number of hydrogen-bond acceptors (Lipinski definition) is 5. The number of piperidine rings is 1. The van der Waals surface area contributed by atoms with Crippen molar-refractivity contribution in [3.05, 3.63) is 27.9 Å². The van der Waals surface area contributed by atoms with Gasteiger partial charge in [0.05, 0.1) is 4.92 Å². The average Bonchev–Trinajstić information content (AvgIpc) is 2.45. The van der Waals surface area contributed by atoms with Gasteiger partial charge in [-0.05, 0) is 51.4 Å². The molecule has 0 saturated carbocycles. The van der Waals surface area contributed by atoms with Gasteiger partial charge in [0.2, 0.25) is 5.82 Å². The normalized spacial score (nSPS) is 17.1. The molecule has 1 aliphatic rings. The fourth-order valence-electron chi connectivity index (χ4n) is 2.57. The first kappa shape index (κ1) is 14.7. The lowest BCUT2D eigenvalue weighted by Crippen LogP contribution is -2.35. The number of nitro groups is 1. The van der Waals surface area contributed by atoms with Crippen LogP contribution in [0.15, 0.2) is 12.1 Å². The third-order valence-electron chi connectivity index (χ3n) is 3.92. The summed E-state index contributed by atoms with van der Waals surface area (Å²) in [4.78, 5) is 17.3. The van der Waals surface area contributed by atoms with Gasteiger partial charge in [0.15, 0.2) is 0 Å². The van der Waals surface area contributed by atoms with Crippen LogP contribution in [0.2, 0.25) is 0 Å². The molecule has 0 spiro atoms. The second-order valence-electron chi connectivity index (χ2n) is 5.34. The molecule has 110 valence electrons. The van der Waals surface area contributed by atoms with E-state index >= 15 is 0 Å². The Bertz CT molecular complexity index is 470. The first-order chi connectivity index (χ1) is 9.60. The van der Waals surface area contributed by atoms with Gasteiger partial charge in [0.1, 0.15) is 0 Å². The van der Waals surface area contributed by atoms with E-state index in [0.29, 0.717) is 11.7 Å². The molecule has 1 aliphatic heterocycles. The summed E-state index contributed by atoms with van der Waals surface area (Å²) in [6.07, 6.45) is 2.28. The SMILES string of the molecule is CCN1CCC(CNc2nc(C)ccc2[N+](=O)[O-])CC1. The van der Waals surface area contributed by atoms with E-state index in [0.717, 1.165) is 44.7 Å². The number of nitrogens with zero attached hydrogens (tertiary/aromatic N) is 3. The number of aryl methyl sites for hydroxylation is 1. The van der Waals surface area contributed by atoms with E-state index in [1.54, 1.807) is 6.07 Å². The van der Waals surface area contributed by atoms with Crippen molar-refractivity contribution in [3.63, 3.8) is 0 Å². The second kappa shape index (κ2) is 6.65. The van der Waals surface area contributed by atoms with Crippen molar-refractivity contribution in [2.75, 3.05) is 31.5 Å². The minimum atomic E-state index is -0.380. The van der Waals surface area contributed by atoms with Gasteiger partial charge in [-0.3, -0.25) is 10.1 Å². The van der Waals surface area contributed by atoms with E-state index in [4.69, 9.17) is 0 Å². The van der Waals surface area contributed by atoms with Crippen LogP contribution in [0.25, 0.3) is 0 Å². The van der Waals surface area contributed by atoms with Crippen LogP contribution in [0, 0.1) is 23.0 Å². The summed E-state index contributed by atoms with van der Waals surface area (Å²) < 4.78 is 0. The van der Waals surface area contributed by atoms with E-state index < -0.39 is 0 Å². The number of hydrogen-bond donors (Lipinski definition) is 1. The fourth-order valence-corrected chi connectivity index (χ4v) is 2.57. The van der Waals surface area contributed by atoms with Crippen molar-refractivity contribution >= 4 is 11.5 Å². The first-order valence-corrected chi connectivity index (χ1v) is 7.18. The molecule has 0 unspecified atom stereocenters. The second-order valence-corrected chi connectivity index (χ2v) is 5.34. The highest BCUT2D eigenvalue weighted by Crippen LogP contribution is 2.24. The van der Waals surface area contributed by atoms with Gasteiger partial charge in [0, 0.05) is 18.3 Å². The van der Waals surface area contributed by atoms with Gasteiger partial charge >= 0.3 is 5.69 Å². The van der Waals surface area contributed by atoms with E-state index in [9.17, 15) is 10.1 Å². The van der Waals surface area contributed by atoms with E-state index in [1.165, 1.54) is 6.07 Å². The number of nitrogens with one attached hydrogen (secondary N) is 1. The Hall–Kier alpha value is -1.69. The molecular weight excluding hydrogens is 256 g/mol. The van der Waals surface area contributed by atoms with Gasteiger partial charge in [-0.15, -0.1) is 0 Å². The van der Waals surface area contributed by atoms with Crippen LogP contribution < -0.4 is 5.32 Å². The van der Waals surface area contributed by atoms with Crippen molar-refractivity contribution in [2.24, 2.45) is 5.92 Å². The molecule has 0 radical (unpaired) electrons. The quantitative estimate of drug-likeness (QED) is 0.661. The van der Waals surface area contributed by atoms with Gasteiger partial charge in [-0.2, -0.15) is 0 Å². The molecule has 6 nitrogen and oxygen atoms in total. The fraction of sp³-hybridized carbons (Fsp3) is 0.643. The first-order valence-electron chi connectivity index (χ1n) is 7.18. The number of anilines is 1. The van der Waals surface area contributed by atoms with Crippen LogP contribution in [0.1, 0.15) is 25.5 Å². The maximum atomic E-state index is 11.0. The number of likely N-dealkylation sites (tertiary alicyclic amines) is 1. The van der Waals surface area contributed by atoms with Gasteiger partial charge < -0.3 is 10.2 Å².